The number of nitrogens with zero attached hydrogens (tertiary/aromatic N) is 3. The summed E-state index contributed by atoms with van der Waals surface area (Å²) >= 11 is 0. The highest BCUT2D eigenvalue weighted by atomic mass is 19.4. The number of ether oxygens (including phenoxy) is 1. The van der Waals surface area contributed by atoms with Crippen molar-refractivity contribution in [1.82, 2.24) is 9.88 Å². The second kappa shape index (κ2) is 6.85. The molecule has 0 saturated carbocycles. The molecule has 1 aromatic heterocycles. The summed E-state index contributed by atoms with van der Waals surface area (Å²) in [6.07, 6.45) is -0.312. The van der Waals surface area contributed by atoms with Crippen molar-refractivity contribution in [3.05, 3.63) is 24.0 Å². The summed E-state index contributed by atoms with van der Waals surface area (Å²) in [6.45, 7) is 5.93. The van der Waals surface area contributed by atoms with E-state index in [0.29, 0.717) is 31.5 Å². The molecule has 0 N–H and O–H groups in total. The van der Waals surface area contributed by atoms with Crippen LogP contribution in [0.4, 0.5) is 23.7 Å². The van der Waals surface area contributed by atoms with Crippen molar-refractivity contribution < 1.29 is 27.5 Å². The third kappa shape index (κ3) is 3.63. The van der Waals surface area contributed by atoms with Crippen LogP contribution in [-0.4, -0.2) is 46.1 Å². The zero-order chi connectivity index (χ0) is 21.9. The SMILES string of the molecule is CC(C)(C)OC(=O)N1C2CCC1CC1(CCN(c3ccc(C(F)(F)F)nc3)C1=O)C2. The van der Waals surface area contributed by atoms with Gasteiger partial charge >= 0.3 is 12.3 Å². The Kier molecular flexibility index (Phi) is 4.78. The molecule has 9 heteroatoms. The molecule has 164 valence electrons. The number of pyridine rings is 1. The van der Waals surface area contributed by atoms with Gasteiger partial charge in [0, 0.05) is 18.6 Å². The van der Waals surface area contributed by atoms with Crippen LogP contribution in [0, 0.1) is 5.41 Å². The Bertz CT molecular complexity index is 834. The fourth-order valence-corrected chi connectivity index (χ4v) is 5.12. The molecule has 4 rings (SSSR count). The first-order valence-corrected chi connectivity index (χ1v) is 10.3. The van der Waals surface area contributed by atoms with E-state index in [9.17, 15) is 22.8 Å². The Labute approximate surface area is 173 Å². The van der Waals surface area contributed by atoms with Crippen molar-refractivity contribution in [2.45, 2.75) is 76.7 Å². The number of aromatic nitrogens is 1. The van der Waals surface area contributed by atoms with E-state index in [1.165, 1.54) is 11.0 Å². The molecule has 3 fully saturated rings. The average Bonchev–Trinajstić information content (AvgIpc) is 3.08. The number of carbonyl (C=O) groups is 2. The third-order valence-corrected chi connectivity index (χ3v) is 6.34. The Balaban J connectivity index is 1.50. The number of anilines is 1. The second-order valence-electron chi connectivity index (χ2n) is 9.57. The monoisotopic (exact) mass is 425 g/mol. The number of alkyl halides is 3. The van der Waals surface area contributed by atoms with Gasteiger partial charge in [-0.1, -0.05) is 0 Å². The number of piperidine rings is 1. The molecule has 2 bridgehead atoms. The minimum Gasteiger partial charge on any atom is -0.444 e. The topological polar surface area (TPSA) is 62.7 Å². The number of halogens is 3. The Morgan fingerprint density at radius 3 is 2.30 bits per heavy atom. The van der Waals surface area contributed by atoms with Gasteiger partial charge < -0.3 is 14.5 Å². The van der Waals surface area contributed by atoms with Gasteiger partial charge in [-0.15, -0.1) is 0 Å². The molecule has 1 aromatic rings. The molecule has 3 saturated heterocycles. The molecule has 0 aliphatic carbocycles. The number of hydrogen-bond donors (Lipinski definition) is 0. The smallest absolute Gasteiger partial charge is 0.433 e. The van der Waals surface area contributed by atoms with Crippen LogP contribution in [0.25, 0.3) is 0 Å². The molecule has 4 heterocycles. The fourth-order valence-electron chi connectivity index (χ4n) is 5.12. The van der Waals surface area contributed by atoms with E-state index in [-0.39, 0.29) is 24.1 Å². The molecular formula is C21H26F3N3O3. The van der Waals surface area contributed by atoms with Crippen molar-refractivity contribution in [2.24, 2.45) is 5.41 Å². The van der Waals surface area contributed by atoms with Crippen molar-refractivity contribution in [2.75, 3.05) is 11.4 Å². The Morgan fingerprint density at radius 1 is 1.17 bits per heavy atom. The van der Waals surface area contributed by atoms with Crippen LogP contribution in [0.15, 0.2) is 18.3 Å². The maximum atomic E-state index is 13.3. The summed E-state index contributed by atoms with van der Waals surface area (Å²) in [5, 5.41) is 0. The van der Waals surface area contributed by atoms with Gasteiger partial charge in [-0.3, -0.25) is 4.79 Å². The lowest BCUT2D eigenvalue weighted by atomic mass is 9.73. The molecule has 6 nitrogen and oxygen atoms in total. The zero-order valence-corrected chi connectivity index (χ0v) is 17.3. The van der Waals surface area contributed by atoms with Gasteiger partial charge in [0.1, 0.15) is 11.3 Å². The standard InChI is InChI=1S/C21H26F3N3O3/c1-19(2,3)30-18(29)27-13-4-5-14(27)11-20(10-13)8-9-26(17(20)28)15-6-7-16(25-12-15)21(22,23)24/h6-7,12-14H,4-5,8-11H2,1-3H3. The van der Waals surface area contributed by atoms with Gasteiger partial charge in [-0.25, -0.2) is 9.78 Å². The van der Waals surface area contributed by atoms with Crippen LogP contribution < -0.4 is 4.90 Å². The second-order valence-corrected chi connectivity index (χ2v) is 9.57. The first-order chi connectivity index (χ1) is 13.9. The lowest BCUT2D eigenvalue weighted by Gasteiger charge is -2.43. The van der Waals surface area contributed by atoms with Crippen LogP contribution in [0.2, 0.25) is 0 Å². The Hall–Kier alpha value is -2.32. The number of hydrogen-bond acceptors (Lipinski definition) is 4. The number of amides is 2. The van der Waals surface area contributed by atoms with Gasteiger partial charge in [0.15, 0.2) is 0 Å². The van der Waals surface area contributed by atoms with Gasteiger partial charge in [-0.05, 0) is 65.0 Å². The van der Waals surface area contributed by atoms with Crippen LogP contribution in [0.3, 0.4) is 0 Å². The summed E-state index contributed by atoms with van der Waals surface area (Å²) in [7, 11) is 0. The maximum Gasteiger partial charge on any atom is 0.433 e. The van der Waals surface area contributed by atoms with Crippen LogP contribution in [0.5, 0.6) is 0 Å². The van der Waals surface area contributed by atoms with E-state index in [0.717, 1.165) is 25.1 Å². The van der Waals surface area contributed by atoms with E-state index in [1.54, 1.807) is 4.90 Å². The quantitative estimate of drug-likeness (QED) is 0.670. The van der Waals surface area contributed by atoms with Crippen molar-refractivity contribution in [3.8, 4) is 0 Å². The Morgan fingerprint density at radius 2 is 1.80 bits per heavy atom. The summed E-state index contributed by atoms with van der Waals surface area (Å²) in [5.41, 5.74) is -1.75. The molecule has 3 aliphatic rings. The minimum atomic E-state index is -4.51. The van der Waals surface area contributed by atoms with Gasteiger partial charge in [-0.2, -0.15) is 13.2 Å². The number of fused-ring (bicyclic) bond motifs is 2. The highest BCUT2D eigenvalue weighted by molar-refractivity contribution is 6.00. The molecule has 2 unspecified atom stereocenters. The van der Waals surface area contributed by atoms with Crippen molar-refractivity contribution >= 4 is 17.7 Å². The normalized spacial score (nSPS) is 29.1. The molecule has 1 spiro atoms. The van der Waals surface area contributed by atoms with Crippen molar-refractivity contribution in [3.63, 3.8) is 0 Å². The number of rotatable bonds is 1. The molecule has 0 aromatic carbocycles. The predicted octanol–water partition coefficient (Wildman–Crippen LogP) is 4.39. The lowest BCUT2D eigenvalue weighted by molar-refractivity contribution is -0.141. The van der Waals surface area contributed by atoms with Crippen LogP contribution in [0.1, 0.15) is 58.6 Å². The first kappa shape index (κ1) is 20.9. The largest absolute Gasteiger partial charge is 0.444 e. The average molecular weight is 425 g/mol. The molecule has 2 atom stereocenters. The highest BCUT2D eigenvalue weighted by Gasteiger charge is 2.57. The molecule has 2 amide bonds. The van der Waals surface area contributed by atoms with E-state index in [1.807, 2.05) is 20.8 Å². The van der Waals surface area contributed by atoms with E-state index in [2.05, 4.69) is 4.98 Å². The third-order valence-electron chi connectivity index (χ3n) is 6.34. The molecule has 3 aliphatic heterocycles. The van der Waals surface area contributed by atoms with Gasteiger partial charge in [0.2, 0.25) is 5.91 Å². The van der Waals surface area contributed by atoms with Crippen LogP contribution >= 0.6 is 0 Å². The summed E-state index contributed by atoms with van der Waals surface area (Å²) in [5.74, 6) is -0.0789. The predicted molar refractivity (Wildman–Crippen MR) is 103 cm³/mol. The zero-order valence-electron chi connectivity index (χ0n) is 17.3. The van der Waals surface area contributed by atoms with Gasteiger partial charge in [0.05, 0.1) is 17.3 Å². The highest BCUT2D eigenvalue weighted by Crippen LogP contribution is 2.51. The van der Waals surface area contributed by atoms with Crippen LogP contribution in [-0.2, 0) is 15.7 Å². The molecule has 30 heavy (non-hydrogen) atoms. The first-order valence-electron chi connectivity index (χ1n) is 10.3. The summed E-state index contributed by atoms with van der Waals surface area (Å²) in [4.78, 5) is 32.8. The lowest BCUT2D eigenvalue weighted by Crippen LogP contribution is -2.53. The summed E-state index contributed by atoms with van der Waals surface area (Å²) < 4.78 is 43.9. The molecule has 0 radical (unpaired) electrons. The van der Waals surface area contributed by atoms with E-state index >= 15 is 0 Å². The van der Waals surface area contributed by atoms with E-state index in [4.69, 9.17) is 4.74 Å². The van der Waals surface area contributed by atoms with Gasteiger partial charge in [0.25, 0.3) is 0 Å². The number of carbonyl (C=O) groups excluding carboxylic acids is 2. The van der Waals surface area contributed by atoms with Crippen molar-refractivity contribution in [1.29, 1.82) is 0 Å². The maximum absolute atomic E-state index is 13.3. The van der Waals surface area contributed by atoms with E-state index < -0.39 is 22.9 Å². The minimum absolute atomic E-state index is 0.0479. The molecular weight excluding hydrogens is 399 g/mol. The fraction of sp³-hybridized carbons (Fsp3) is 0.667. The summed E-state index contributed by atoms with van der Waals surface area (Å²) in [6, 6.07) is 2.11.